The number of aryl methyl sites for hydroxylation is 1. The number of anilines is 1. The number of hydrogen-bond acceptors (Lipinski definition) is 3. The van der Waals surface area contributed by atoms with E-state index in [2.05, 4.69) is 15.6 Å². The molecule has 4 fully saturated rings. The molecule has 4 saturated carbocycles. The van der Waals surface area contributed by atoms with Gasteiger partial charge in [-0.2, -0.15) is 0 Å². The van der Waals surface area contributed by atoms with Gasteiger partial charge in [0, 0.05) is 10.6 Å². The fraction of sp³-hybridized carbons (Fsp3) is 0.632. The molecule has 2 amide bonds. The number of nitrogens with one attached hydrogen (secondary N) is 2. The lowest BCUT2D eigenvalue weighted by Gasteiger charge is -2.59. The Morgan fingerprint density at radius 2 is 1.96 bits per heavy atom. The van der Waals surface area contributed by atoms with Gasteiger partial charge in [0.05, 0.1) is 12.0 Å². The molecule has 4 aliphatic rings. The number of halogens is 1. The molecule has 1 heterocycles. The lowest BCUT2D eigenvalue weighted by atomic mass is 9.49. The maximum Gasteiger partial charge on any atom is 0.244 e. The molecule has 5 nitrogen and oxygen atoms in total. The van der Waals surface area contributed by atoms with Gasteiger partial charge in [0.25, 0.3) is 0 Å². The van der Waals surface area contributed by atoms with E-state index >= 15 is 0 Å². The largest absolute Gasteiger partial charge is 0.347 e. The molecule has 2 atom stereocenters. The second kappa shape index (κ2) is 5.97. The van der Waals surface area contributed by atoms with Crippen LogP contribution in [0.15, 0.2) is 18.2 Å². The third-order valence-electron chi connectivity index (χ3n) is 6.04. The Hall–Kier alpha value is -1.62. The molecule has 0 spiro atoms. The van der Waals surface area contributed by atoms with Crippen molar-refractivity contribution in [2.75, 3.05) is 11.9 Å². The summed E-state index contributed by atoms with van der Waals surface area (Å²) in [5.41, 5.74) is 0.469. The van der Waals surface area contributed by atoms with Crippen LogP contribution in [-0.4, -0.2) is 28.2 Å². The van der Waals surface area contributed by atoms with E-state index in [0.29, 0.717) is 17.7 Å². The Morgan fingerprint density at radius 1 is 1.24 bits per heavy atom. The molecular weight excluding hydrogens is 338 g/mol. The molecule has 5 rings (SSSR count). The van der Waals surface area contributed by atoms with Crippen molar-refractivity contribution < 1.29 is 9.59 Å². The van der Waals surface area contributed by atoms with E-state index in [9.17, 15) is 9.59 Å². The van der Waals surface area contributed by atoms with Gasteiger partial charge in [0.1, 0.15) is 5.82 Å². The molecule has 1 aromatic rings. The number of rotatable bonds is 4. The van der Waals surface area contributed by atoms with Crippen LogP contribution in [0.5, 0.6) is 0 Å². The number of pyridine rings is 1. The predicted molar refractivity (Wildman–Crippen MR) is 96.3 cm³/mol. The monoisotopic (exact) mass is 361 g/mol. The Balaban J connectivity index is 1.37. The van der Waals surface area contributed by atoms with E-state index in [-0.39, 0.29) is 28.6 Å². The number of amides is 2. The van der Waals surface area contributed by atoms with Crippen LogP contribution in [0.25, 0.3) is 0 Å². The van der Waals surface area contributed by atoms with Gasteiger partial charge in [-0.05, 0) is 69.4 Å². The van der Waals surface area contributed by atoms with E-state index in [1.807, 2.05) is 19.1 Å². The van der Waals surface area contributed by atoms with Gasteiger partial charge in [0.15, 0.2) is 0 Å². The summed E-state index contributed by atoms with van der Waals surface area (Å²) in [4.78, 5) is 29.1. The lowest BCUT2D eigenvalue weighted by Crippen LogP contribution is -2.58. The number of alkyl halides is 1. The molecule has 0 saturated heterocycles. The minimum Gasteiger partial charge on any atom is -0.347 e. The number of carbonyl (C=O) groups is 2. The summed E-state index contributed by atoms with van der Waals surface area (Å²) in [6.45, 7) is 1.84. The summed E-state index contributed by atoms with van der Waals surface area (Å²) in [6, 6.07) is 5.45. The van der Waals surface area contributed by atoms with E-state index < -0.39 is 0 Å². The molecule has 25 heavy (non-hydrogen) atoms. The molecular formula is C19H24ClN3O2. The van der Waals surface area contributed by atoms with Crippen LogP contribution in [0.1, 0.15) is 44.2 Å². The van der Waals surface area contributed by atoms with Crippen LogP contribution in [-0.2, 0) is 9.59 Å². The summed E-state index contributed by atoms with van der Waals surface area (Å²) in [7, 11) is 0. The zero-order valence-corrected chi connectivity index (χ0v) is 15.2. The molecule has 6 heteroatoms. The zero-order chi connectivity index (χ0) is 17.7. The Labute approximate surface area is 152 Å². The molecule has 1 aromatic heterocycles. The Kier molecular flexibility index (Phi) is 4.02. The Morgan fingerprint density at radius 3 is 2.60 bits per heavy atom. The normalized spacial score (nSPS) is 35.4. The quantitative estimate of drug-likeness (QED) is 0.810. The maximum absolute atomic E-state index is 12.9. The van der Waals surface area contributed by atoms with Crippen LogP contribution in [0.4, 0.5) is 5.82 Å². The molecule has 0 aliphatic heterocycles. The third kappa shape index (κ3) is 3.26. The fourth-order valence-electron chi connectivity index (χ4n) is 5.56. The standard InChI is InChI=1S/C19H24ClN3O2/c1-12-3-2-4-15(22-12)23-16(24)10-21-17(25)18-6-13-5-14(7-18)9-19(20,8-13)11-18/h2-4,13-14H,5-11H2,1H3,(H,21,25)(H,22,23,24)/t13-,14-,18?,19?/m1/s1. The summed E-state index contributed by atoms with van der Waals surface area (Å²) in [5, 5.41) is 5.58. The highest BCUT2D eigenvalue weighted by Crippen LogP contribution is 2.63. The van der Waals surface area contributed by atoms with Gasteiger partial charge in [-0.15, -0.1) is 11.6 Å². The SMILES string of the molecule is Cc1cccc(NC(=O)CNC(=O)C23C[C@H]4C[C@@H](CC(Cl)(C4)C2)C3)n1. The van der Waals surface area contributed by atoms with Gasteiger partial charge in [-0.1, -0.05) is 6.07 Å². The first kappa shape index (κ1) is 16.8. The smallest absolute Gasteiger partial charge is 0.244 e. The number of nitrogens with zero attached hydrogens (tertiary/aromatic N) is 1. The second-order valence-electron chi connectivity index (χ2n) is 8.29. The van der Waals surface area contributed by atoms with Crippen molar-refractivity contribution in [2.45, 2.75) is 50.3 Å². The van der Waals surface area contributed by atoms with Gasteiger partial charge in [0.2, 0.25) is 11.8 Å². The molecule has 0 aromatic carbocycles. The molecule has 0 unspecified atom stereocenters. The lowest BCUT2D eigenvalue weighted by molar-refractivity contribution is -0.145. The average molecular weight is 362 g/mol. The summed E-state index contributed by atoms with van der Waals surface area (Å²) >= 11 is 6.78. The van der Waals surface area contributed by atoms with Crippen LogP contribution < -0.4 is 10.6 Å². The molecule has 0 radical (unpaired) electrons. The van der Waals surface area contributed by atoms with Crippen LogP contribution in [0.3, 0.4) is 0 Å². The topological polar surface area (TPSA) is 71.1 Å². The number of aromatic nitrogens is 1. The Bertz CT molecular complexity index is 706. The van der Waals surface area contributed by atoms with Crippen LogP contribution >= 0.6 is 11.6 Å². The van der Waals surface area contributed by atoms with Crippen molar-refractivity contribution in [1.29, 1.82) is 0 Å². The highest BCUT2D eigenvalue weighted by molar-refractivity contribution is 6.24. The average Bonchev–Trinajstić information content (AvgIpc) is 2.50. The molecule has 4 aliphatic carbocycles. The minimum atomic E-state index is -0.367. The van der Waals surface area contributed by atoms with Gasteiger partial charge in [-0.3, -0.25) is 9.59 Å². The highest BCUT2D eigenvalue weighted by Gasteiger charge is 2.60. The predicted octanol–water partition coefficient (Wildman–Crippen LogP) is 3.02. The van der Waals surface area contributed by atoms with Crippen LogP contribution in [0, 0.1) is 24.2 Å². The van der Waals surface area contributed by atoms with Crippen molar-refractivity contribution in [3.8, 4) is 0 Å². The van der Waals surface area contributed by atoms with Crippen LogP contribution in [0.2, 0.25) is 0 Å². The highest BCUT2D eigenvalue weighted by atomic mass is 35.5. The molecule has 4 bridgehead atoms. The van der Waals surface area contributed by atoms with E-state index in [1.165, 1.54) is 6.42 Å². The van der Waals surface area contributed by atoms with Crippen molar-refractivity contribution in [3.05, 3.63) is 23.9 Å². The first-order valence-corrected chi connectivity index (χ1v) is 9.44. The third-order valence-corrected chi connectivity index (χ3v) is 6.48. The van der Waals surface area contributed by atoms with Crippen molar-refractivity contribution in [1.82, 2.24) is 10.3 Å². The second-order valence-corrected chi connectivity index (χ2v) is 9.09. The van der Waals surface area contributed by atoms with E-state index in [4.69, 9.17) is 11.6 Å². The van der Waals surface area contributed by atoms with Gasteiger partial charge < -0.3 is 10.6 Å². The zero-order valence-electron chi connectivity index (χ0n) is 14.5. The summed E-state index contributed by atoms with van der Waals surface area (Å²) in [5.74, 6) is 1.38. The van der Waals surface area contributed by atoms with E-state index in [1.54, 1.807) is 6.07 Å². The number of hydrogen-bond donors (Lipinski definition) is 2. The number of carbonyl (C=O) groups excluding carboxylic acids is 2. The first-order valence-electron chi connectivity index (χ1n) is 9.07. The van der Waals surface area contributed by atoms with Crippen molar-refractivity contribution in [2.24, 2.45) is 17.3 Å². The van der Waals surface area contributed by atoms with Crippen molar-refractivity contribution in [3.63, 3.8) is 0 Å². The summed E-state index contributed by atoms with van der Waals surface area (Å²) < 4.78 is 0. The maximum atomic E-state index is 12.9. The van der Waals surface area contributed by atoms with Crippen molar-refractivity contribution >= 4 is 29.2 Å². The minimum absolute atomic E-state index is 0.000948. The van der Waals surface area contributed by atoms with E-state index in [0.717, 1.165) is 37.8 Å². The molecule has 134 valence electrons. The fourth-order valence-corrected chi connectivity index (χ4v) is 6.26. The van der Waals surface area contributed by atoms with Gasteiger partial charge >= 0.3 is 0 Å². The van der Waals surface area contributed by atoms with Gasteiger partial charge in [-0.25, -0.2) is 4.98 Å². The first-order chi connectivity index (χ1) is 11.9. The summed E-state index contributed by atoms with van der Waals surface area (Å²) in [6.07, 6.45) is 5.89. The molecule has 2 N–H and O–H groups in total.